The average Bonchev–Trinajstić information content (AvgIpc) is 3.17. The number of aryl methyl sites for hydroxylation is 1. The zero-order valence-corrected chi connectivity index (χ0v) is 13.4. The molecule has 0 aliphatic heterocycles. The first-order chi connectivity index (χ1) is 11.7. The molecule has 0 bridgehead atoms. The van der Waals surface area contributed by atoms with Gasteiger partial charge in [-0.3, -0.25) is 9.78 Å². The number of hydrogen-bond donors (Lipinski definition) is 1. The Morgan fingerprint density at radius 3 is 2.96 bits per heavy atom. The zero-order chi connectivity index (χ0) is 16.7. The van der Waals surface area contributed by atoms with Crippen LogP contribution in [0.5, 0.6) is 11.5 Å². The first-order valence-electron chi connectivity index (χ1n) is 7.61. The van der Waals surface area contributed by atoms with Crippen LogP contribution in [0, 0.1) is 0 Å². The van der Waals surface area contributed by atoms with E-state index in [2.05, 4.69) is 15.1 Å². The van der Waals surface area contributed by atoms with E-state index in [1.807, 2.05) is 12.1 Å². The van der Waals surface area contributed by atoms with Crippen LogP contribution in [-0.2, 0) is 6.42 Å². The second kappa shape index (κ2) is 5.52. The van der Waals surface area contributed by atoms with Crippen LogP contribution in [0.3, 0.4) is 0 Å². The van der Waals surface area contributed by atoms with E-state index in [-0.39, 0.29) is 5.56 Å². The van der Waals surface area contributed by atoms with Crippen molar-refractivity contribution >= 4 is 17.9 Å². The summed E-state index contributed by atoms with van der Waals surface area (Å²) in [5.74, 6) is 1.76. The number of H-pyrrole nitrogens is 1. The van der Waals surface area contributed by atoms with Crippen LogP contribution in [0.1, 0.15) is 17.7 Å². The summed E-state index contributed by atoms with van der Waals surface area (Å²) >= 11 is 0. The minimum absolute atomic E-state index is 0.247. The molecule has 24 heavy (non-hydrogen) atoms. The van der Waals surface area contributed by atoms with Crippen molar-refractivity contribution in [3.05, 3.63) is 50.5 Å². The molecule has 0 radical (unpaired) electrons. The SMILES string of the molecule is COc1ccc(OC)c(/C=c2\c(=O)[nH]c3nc4c(nn23)CCC=4)c1. The molecule has 0 atom stereocenters. The van der Waals surface area contributed by atoms with Gasteiger partial charge in [-0.05, 0) is 37.1 Å². The largest absolute Gasteiger partial charge is 0.497 e. The van der Waals surface area contributed by atoms with Gasteiger partial charge in [0, 0.05) is 5.56 Å². The van der Waals surface area contributed by atoms with Gasteiger partial charge in [0.2, 0.25) is 5.78 Å². The molecule has 0 unspecified atom stereocenters. The first kappa shape index (κ1) is 14.5. The van der Waals surface area contributed by atoms with Gasteiger partial charge in [0.25, 0.3) is 5.56 Å². The van der Waals surface area contributed by atoms with Crippen LogP contribution in [-0.4, -0.2) is 33.8 Å². The Balaban J connectivity index is 2.00. The van der Waals surface area contributed by atoms with Gasteiger partial charge in [-0.15, -0.1) is 0 Å². The van der Waals surface area contributed by atoms with Crippen molar-refractivity contribution < 1.29 is 9.47 Å². The number of fused-ring (bicyclic) bond motifs is 2. The number of aromatic amines is 1. The van der Waals surface area contributed by atoms with E-state index >= 15 is 0 Å². The number of nitrogens with one attached hydrogen (secondary N) is 1. The van der Waals surface area contributed by atoms with E-state index in [9.17, 15) is 4.79 Å². The van der Waals surface area contributed by atoms with E-state index in [1.165, 1.54) is 0 Å². The molecule has 7 heteroatoms. The highest BCUT2D eigenvalue weighted by molar-refractivity contribution is 5.59. The molecule has 4 rings (SSSR count). The van der Waals surface area contributed by atoms with Crippen LogP contribution >= 0.6 is 0 Å². The summed E-state index contributed by atoms with van der Waals surface area (Å²) in [6.45, 7) is 0. The van der Waals surface area contributed by atoms with E-state index in [1.54, 1.807) is 36.9 Å². The van der Waals surface area contributed by atoms with E-state index in [4.69, 9.17) is 9.47 Å². The minimum Gasteiger partial charge on any atom is -0.497 e. The third kappa shape index (κ3) is 2.25. The molecule has 2 aromatic heterocycles. The molecule has 3 aromatic rings. The van der Waals surface area contributed by atoms with Crippen molar-refractivity contribution in [3.8, 4) is 11.5 Å². The van der Waals surface area contributed by atoms with Crippen LogP contribution in [0.15, 0.2) is 23.0 Å². The standard InChI is InChI=1S/C17H16N4O3/c1-23-11-6-7-15(24-2)10(8-11)9-14-16(22)19-17-18-12-4-3-5-13(12)20-21(14)17/h4,6-9H,3,5H2,1-2H3,(H,18,19,22)/b14-9+. The van der Waals surface area contributed by atoms with E-state index < -0.39 is 0 Å². The summed E-state index contributed by atoms with van der Waals surface area (Å²) in [6, 6.07) is 5.42. The average molecular weight is 324 g/mol. The number of rotatable bonds is 3. The maximum absolute atomic E-state index is 12.4. The van der Waals surface area contributed by atoms with Gasteiger partial charge in [0.1, 0.15) is 16.8 Å². The highest BCUT2D eigenvalue weighted by Crippen LogP contribution is 2.24. The third-order valence-corrected chi connectivity index (χ3v) is 4.08. The molecule has 7 nitrogen and oxygen atoms in total. The fraction of sp³-hybridized carbons (Fsp3) is 0.235. The van der Waals surface area contributed by atoms with Crippen molar-refractivity contribution in [1.82, 2.24) is 19.6 Å². The molecule has 0 spiro atoms. The van der Waals surface area contributed by atoms with Gasteiger partial charge in [0.05, 0.1) is 25.3 Å². The summed E-state index contributed by atoms with van der Waals surface area (Å²) in [6.07, 6.45) is 5.52. The predicted octanol–water partition coefficient (Wildman–Crippen LogP) is -0.00970. The lowest BCUT2D eigenvalue weighted by molar-refractivity contribution is 0.402. The number of methoxy groups -OCH3 is 2. The van der Waals surface area contributed by atoms with Crippen LogP contribution in [0.25, 0.3) is 17.9 Å². The topological polar surface area (TPSA) is 81.5 Å². The number of imidazole rings is 1. The van der Waals surface area contributed by atoms with Gasteiger partial charge in [0.15, 0.2) is 0 Å². The molecule has 122 valence electrons. The Bertz CT molecular complexity index is 1110. The van der Waals surface area contributed by atoms with Crippen LogP contribution < -0.4 is 25.7 Å². The summed E-state index contributed by atoms with van der Waals surface area (Å²) in [5, 5.41) is 5.81. The van der Waals surface area contributed by atoms with Crippen molar-refractivity contribution in [2.24, 2.45) is 0 Å². The summed E-state index contributed by atoms with van der Waals surface area (Å²) < 4.78 is 12.2. The Hall–Kier alpha value is -3.09. The molecule has 2 heterocycles. The van der Waals surface area contributed by atoms with Crippen molar-refractivity contribution in [1.29, 1.82) is 0 Å². The second-order valence-electron chi connectivity index (χ2n) is 5.51. The molecule has 0 fully saturated rings. The monoisotopic (exact) mass is 324 g/mol. The lowest BCUT2D eigenvalue weighted by Gasteiger charge is -2.06. The molecule has 1 aliphatic rings. The number of aromatic nitrogens is 4. The maximum Gasteiger partial charge on any atom is 0.276 e. The fourth-order valence-electron chi connectivity index (χ4n) is 2.87. The van der Waals surface area contributed by atoms with Gasteiger partial charge in [-0.2, -0.15) is 9.61 Å². The second-order valence-corrected chi connectivity index (χ2v) is 5.51. The van der Waals surface area contributed by atoms with Gasteiger partial charge in [-0.25, -0.2) is 4.98 Å². The normalized spacial score (nSPS) is 13.8. The Labute approximate surface area is 136 Å². The lowest BCUT2D eigenvalue weighted by Crippen LogP contribution is -2.28. The smallest absolute Gasteiger partial charge is 0.276 e. The van der Waals surface area contributed by atoms with Crippen LogP contribution in [0.4, 0.5) is 0 Å². The van der Waals surface area contributed by atoms with E-state index in [0.717, 1.165) is 29.4 Å². The number of benzene rings is 1. The molecule has 0 saturated carbocycles. The maximum atomic E-state index is 12.4. The number of nitrogens with zero attached hydrogens (tertiary/aromatic N) is 3. The fourth-order valence-corrected chi connectivity index (χ4v) is 2.87. The van der Waals surface area contributed by atoms with Crippen molar-refractivity contribution in [2.45, 2.75) is 12.8 Å². The number of ether oxygens (including phenoxy) is 2. The van der Waals surface area contributed by atoms with Gasteiger partial charge >= 0.3 is 0 Å². The highest BCUT2D eigenvalue weighted by atomic mass is 16.5. The minimum atomic E-state index is -0.247. The molecular weight excluding hydrogens is 308 g/mol. The van der Waals surface area contributed by atoms with Gasteiger partial charge < -0.3 is 9.47 Å². The quantitative estimate of drug-likeness (QED) is 0.733. The molecular formula is C17H16N4O3. The van der Waals surface area contributed by atoms with Gasteiger partial charge in [-0.1, -0.05) is 6.08 Å². The molecule has 0 saturated heterocycles. The Morgan fingerprint density at radius 2 is 2.17 bits per heavy atom. The van der Waals surface area contributed by atoms with Crippen molar-refractivity contribution in [3.63, 3.8) is 0 Å². The third-order valence-electron chi connectivity index (χ3n) is 4.08. The molecule has 1 N–H and O–H groups in total. The molecule has 0 amide bonds. The zero-order valence-electron chi connectivity index (χ0n) is 13.4. The first-order valence-corrected chi connectivity index (χ1v) is 7.61. The van der Waals surface area contributed by atoms with E-state index in [0.29, 0.717) is 22.6 Å². The summed E-state index contributed by atoms with van der Waals surface area (Å²) in [4.78, 5) is 19.6. The highest BCUT2D eigenvalue weighted by Gasteiger charge is 2.12. The Kier molecular flexibility index (Phi) is 3.34. The predicted molar refractivity (Wildman–Crippen MR) is 88.8 cm³/mol. The van der Waals surface area contributed by atoms with Crippen LogP contribution in [0.2, 0.25) is 0 Å². The summed E-state index contributed by atoms with van der Waals surface area (Å²) in [5.41, 5.74) is 1.39. The number of hydrogen-bond acceptors (Lipinski definition) is 5. The molecule has 1 aromatic carbocycles. The van der Waals surface area contributed by atoms with Crippen molar-refractivity contribution in [2.75, 3.05) is 14.2 Å². The lowest BCUT2D eigenvalue weighted by atomic mass is 10.1. The molecule has 1 aliphatic carbocycles. The Morgan fingerprint density at radius 1 is 1.29 bits per heavy atom. The summed E-state index contributed by atoms with van der Waals surface area (Å²) in [7, 11) is 3.18.